The average molecular weight is 371 g/mol. The van der Waals surface area contributed by atoms with Gasteiger partial charge in [-0.05, 0) is 38.8 Å². The zero-order chi connectivity index (χ0) is 19.7. The Hall–Kier alpha value is -3.36. The van der Waals surface area contributed by atoms with Gasteiger partial charge in [-0.25, -0.2) is 13.9 Å². The second-order valence-electron chi connectivity index (χ2n) is 6.29. The molecule has 1 amide bonds. The first-order valence-electron chi connectivity index (χ1n) is 8.32. The quantitative estimate of drug-likeness (QED) is 0.548. The Balaban J connectivity index is 1.76. The van der Waals surface area contributed by atoms with Gasteiger partial charge in [-0.3, -0.25) is 14.9 Å². The van der Waals surface area contributed by atoms with Crippen LogP contribution in [0, 0.1) is 36.7 Å². The van der Waals surface area contributed by atoms with Crippen molar-refractivity contribution in [2.45, 2.75) is 33.6 Å². The summed E-state index contributed by atoms with van der Waals surface area (Å²) in [6.45, 7) is 5.65. The highest BCUT2D eigenvalue weighted by molar-refractivity contribution is 5.91. The van der Waals surface area contributed by atoms with Crippen LogP contribution in [0.2, 0.25) is 0 Å². The third kappa shape index (κ3) is 3.76. The van der Waals surface area contributed by atoms with Gasteiger partial charge < -0.3 is 5.32 Å². The number of anilines is 1. The van der Waals surface area contributed by atoms with Gasteiger partial charge in [0, 0.05) is 36.0 Å². The molecule has 9 heteroatoms. The summed E-state index contributed by atoms with van der Waals surface area (Å²) in [6.07, 6.45) is 0.471. The number of hydrogen-bond acceptors (Lipinski definition) is 5. The molecule has 0 aliphatic rings. The third-order valence-corrected chi connectivity index (χ3v) is 4.32. The summed E-state index contributed by atoms with van der Waals surface area (Å²) in [5, 5.41) is 17.6. The number of nitrogens with one attached hydrogen (secondary N) is 1. The van der Waals surface area contributed by atoms with E-state index < -0.39 is 16.6 Å². The Labute approximate surface area is 154 Å². The average Bonchev–Trinajstić information content (AvgIpc) is 2.96. The van der Waals surface area contributed by atoms with Crippen LogP contribution in [-0.2, 0) is 11.2 Å². The fourth-order valence-corrected chi connectivity index (χ4v) is 2.98. The number of aryl methyl sites for hydroxylation is 3. The molecule has 8 nitrogen and oxygen atoms in total. The van der Waals surface area contributed by atoms with Crippen molar-refractivity contribution in [3.8, 4) is 0 Å². The van der Waals surface area contributed by atoms with Crippen LogP contribution in [0.15, 0.2) is 24.3 Å². The van der Waals surface area contributed by atoms with Crippen molar-refractivity contribution < 1.29 is 14.1 Å². The number of nitro benzene ring substituents is 1. The van der Waals surface area contributed by atoms with Gasteiger partial charge in [0.15, 0.2) is 5.65 Å². The number of halogens is 1. The van der Waals surface area contributed by atoms with Crippen LogP contribution in [0.4, 0.5) is 15.8 Å². The van der Waals surface area contributed by atoms with Crippen molar-refractivity contribution in [3.63, 3.8) is 0 Å². The number of hydrogen-bond donors (Lipinski definition) is 1. The molecule has 2 aromatic heterocycles. The van der Waals surface area contributed by atoms with E-state index in [1.807, 2.05) is 26.8 Å². The van der Waals surface area contributed by atoms with E-state index >= 15 is 0 Å². The predicted molar refractivity (Wildman–Crippen MR) is 97.2 cm³/mol. The number of rotatable bonds is 5. The number of amides is 1. The molecule has 3 aromatic rings. The fourth-order valence-electron chi connectivity index (χ4n) is 2.98. The first-order valence-corrected chi connectivity index (χ1v) is 8.32. The summed E-state index contributed by atoms with van der Waals surface area (Å²) in [7, 11) is 0. The van der Waals surface area contributed by atoms with Crippen molar-refractivity contribution in [2.24, 2.45) is 0 Å². The van der Waals surface area contributed by atoms with E-state index in [-0.39, 0.29) is 17.8 Å². The number of benzene rings is 1. The molecule has 0 aliphatic heterocycles. The predicted octanol–water partition coefficient (Wildman–Crippen LogP) is 3.27. The number of fused-ring (bicyclic) bond motifs is 1. The number of nitrogens with zero attached hydrogens (tertiary/aromatic N) is 4. The number of non-ortho nitro benzene ring substituents is 1. The maximum Gasteiger partial charge on any atom is 0.271 e. The van der Waals surface area contributed by atoms with E-state index in [0.29, 0.717) is 6.42 Å². The molecule has 140 valence electrons. The number of aromatic nitrogens is 3. The molecule has 0 unspecified atom stereocenters. The van der Waals surface area contributed by atoms with E-state index in [1.54, 1.807) is 4.52 Å². The monoisotopic (exact) mass is 371 g/mol. The first kappa shape index (κ1) is 18.4. The van der Waals surface area contributed by atoms with Crippen LogP contribution in [0.25, 0.3) is 5.65 Å². The van der Waals surface area contributed by atoms with Crippen molar-refractivity contribution in [1.82, 2.24) is 14.6 Å². The Morgan fingerprint density at radius 1 is 1.30 bits per heavy atom. The smallest absolute Gasteiger partial charge is 0.271 e. The molecule has 0 fully saturated rings. The number of carbonyl (C=O) groups excluding carboxylic acids is 1. The molecule has 0 atom stereocenters. The van der Waals surface area contributed by atoms with Gasteiger partial charge in [0.25, 0.3) is 5.69 Å². The molecule has 1 aromatic carbocycles. The molecule has 2 heterocycles. The molecule has 27 heavy (non-hydrogen) atoms. The fraction of sp³-hybridized carbons (Fsp3) is 0.278. The summed E-state index contributed by atoms with van der Waals surface area (Å²) < 4.78 is 15.5. The minimum Gasteiger partial charge on any atom is -0.323 e. The van der Waals surface area contributed by atoms with E-state index in [2.05, 4.69) is 15.4 Å². The minimum atomic E-state index is -0.726. The SMILES string of the molecule is Cc1cc2nc(C)c(CCC(=O)Nc3cc([N+](=O)[O-])ccc3F)c(C)n2n1. The van der Waals surface area contributed by atoms with Crippen molar-refractivity contribution in [1.29, 1.82) is 0 Å². The molecule has 0 bridgehead atoms. The van der Waals surface area contributed by atoms with E-state index in [1.165, 1.54) is 0 Å². The highest BCUT2D eigenvalue weighted by Crippen LogP contribution is 2.22. The summed E-state index contributed by atoms with van der Waals surface area (Å²) in [4.78, 5) is 26.9. The van der Waals surface area contributed by atoms with Crippen molar-refractivity contribution in [2.75, 3.05) is 5.32 Å². The maximum absolute atomic E-state index is 13.8. The van der Waals surface area contributed by atoms with Gasteiger partial charge in [0.1, 0.15) is 5.82 Å². The van der Waals surface area contributed by atoms with Gasteiger partial charge in [0.2, 0.25) is 5.91 Å². The molecule has 3 rings (SSSR count). The zero-order valence-corrected chi connectivity index (χ0v) is 15.1. The van der Waals surface area contributed by atoms with Gasteiger partial charge in [0.05, 0.1) is 16.3 Å². The van der Waals surface area contributed by atoms with Crippen LogP contribution in [-0.4, -0.2) is 25.4 Å². The standard InChI is InChI=1S/C18H18FN5O3/c1-10-8-17-20-11(2)14(12(3)23(17)22-10)5-7-18(25)21-16-9-13(24(26)27)4-6-15(16)19/h4,6,8-9H,5,7H2,1-3H3,(H,21,25). The van der Waals surface area contributed by atoms with Crippen molar-refractivity contribution >= 4 is 22.9 Å². The largest absolute Gasteiger partial charge is 0.323 e. The lowest BCUT2D eigenvalue weighted by atomic mass is 10.1. The normalized spacial score (nSPS) is 11.0. The van der Waals surface area contributed by atoms with Crippen molar-refractivity contribution in [3.05, 3.63) is 62.8 Å². The zero-order valence-electron chi connectivity index (χ0n) is 15.1. The molecule has 0 spiro atoms. The van der Waals surface area contributed by atoms with E-state index in [9.17, 15) is 19.3 Å². The van der Waals surface area contributed by atoms with Crippen LogP contribution < -0.4 is 5.32 Å². The number of nitro groups is 1. The first-order chi connectivity index (χ1) is 12.8. The van der Waals surface area contributed by atoms with Crippen LogP contribution in [0.3, 0.4) is 0 Å². The molecule has 0 saturated heterocycles. The van der Waals surface area contributed by atoms with E-state index in [0.717, 1.165) is 46.5 Å². The molecule has 0 aliphatic carbocycles. The Morgan fingerprint density at radius 3 is 2.74 bits per heavy atom. The molecule has 0 saturated carbocycles. The lowest BCUT2D eigenvalue weighted by Gasteiger charge is -2.11. The summed E-state index contributed by atoms with van der Waals surface area (Å²) in [5.74, 6) is -1.17. The second kappa shape index (κ2) is 7.10. The van der Waals surface area contributed by atoms with Gasteiger partial charge in [-0.15, -0.1) is 0 Å². The highest BCUT2D eigenvalue weighted by Gasteiger charge is 2.15. The van der Waals surface area contributed by atoms with Gasteiger partial charge >= 0.3 is 0 Å². The van der Waals surface area contributed by atoms with Crippen LogP contribution in [0.5, 0.6) is 0 Å². The minimum absolute atomic E-state index is 0.0806. The van der Waals surface area contributed by atoms with Gasteiger partial charge in [-0.1, -0.05) is 0 Å². The molecular weight excluding hydrogens is 353 g/mol. The maximum atomic E-state index is 13.8. The molecule has 1 N–H and O–H groups in total. The summed E-state index contributed by atoms with van der Waals surface area (Å²) in [6, 6.07) is 4.88. The third-order valence-electron chi connectivity index (χ3n) is 4.32. The lowest BCUT2D eigenvalue weighted by molar-refractivity contribution is -0.384. The summed E-state index contributed by atoms with van der Waals surface area (Å²) in [5.41, 5.74) is 3.67. The summed E-state index contributed by atoms with van der Waals surface area (Å²) >= 11 is 0. The number of carbonyl (C=O) groups is 1. The van der Waals surface area contributed by atoms with Crippen LogP contribution in [0.1, 0.15) is 29.1 Å². The molecular formula is C18H18FN5O3. The van der Waals surface area contributed by atoms with E-state index in [4.69, 9.17) is 0 Å². The van der Waals surface area contributed by atoms with Gasteiger partial charge in [-0.2, -0.15) is 5.10 Å². The highest BCUT2D eigenvalue weighted by atomic mass is 19.1. The second-order valence-corrected chi connectivity index (χ2v) is 6.29. The lowest BCUT2D eigenvalue weighted by Crippen LogP contribution is -2.15. The Bertz CT molecular complexity index is 1060. The molecule has 0 radical (unpaired) electrons. The Kier molecular flexibility index (Phi) is 4.85. The Morgan fingerprint density at radius 2 is 2.04 bits per heavy atom. The topological polar surface area (TPSA) is 102 Å². The van der Waals surface area contributed by atoms with Crippen LogP contribution >= 0.6 is 0 Å².